The molecule has 0 aliphatic rings. The largest absolute Gasteiger partial charge is 0.487 e. The number of nitrogens with zero attached hydrogens (tertiary/aromatic N) is 2. The first-order valence-corrected chi connectivity index (χ1v) is 8.84. The summed E-state index contributed by atoms with van der Waals surface area (Å²) in [6.07, 6.45) is 0. The maximum atomic E-state index is 12.6. The number of H-pyrrole nitrogens is 1. The second-order valence-corrected chi connectivity index (χ2v) is 6.58. The number of carbonyl (C=O) groups excluding carboxylic acids is 1. The molecule has 0 aliphatic heterocycles. The molecule has 27 heavy (non-hydrogen) atoms. The molecule has 2 aromatic carbocycles. The lowest BCUT2D eigenvalue weighted by molar-refractivity contribution is 0.0925. The van der Waals surface area contributed by atoms with Crippen molar-refractivity contribution in [1.82, 2.24) is 20.4 Å². The Labute approximate surface area is 159 Å². The first-order valence-electron chi connectivity index (χ1n) is 8.84. The highest BCUT2D eigenvalue weighted by molar-refractivity contribution is 5.92. The van der Waals surface area contributed by atoms with Crippen LogP contribution in [0.2, 0.25) is 0 Å². The second-order valence-electron chi connectivity index (χ2n) is 6.58. The van der Waals surface area contributed by atoms with Crippen LogP contribution in [0.25, 0.3) is 0 Å². The molecule has 0 bridgehead atoms. The van der Waals surface area contributed by atoms with Crippen molar-refractivity contribution in [1.29, 1.82) is 0 Å². The lowest BCUT2D eigenvalue weighted by Crippen LogP contribution is -2.35. The molecule has 0 saturated heterocycles. The summed E-state index contributed by atoms with van der Waals surface area (Å²) in [5, 5.41) is 10.1. The number of aromatic nitrogens is 2. The standard InChI is InChI=1S/C21H24N4O2/c1-25(2)14-20(16-9-5-3-6-10-16)22-21(26)19-13-17(23-24-19)15-27-18-11-7-4-8-12-18/h3-13,20H,14-15H2,1-2H3,(H,22,26)(H,23,24)/t20-/m1/s1. The van der Waals surface area contributed by atoms with Gasteiger partial charge in [0.2, 0.25) is 0 Å². The second kappa shape index (κ2) is 9.00. The van der Waals surface area contributed by atoms with E-state index in [-0.39, 0.29) is 11.9 Å². The van der Waals surface area contributed by atoms with Crippen molar-refractivity contribution < 1.29 is 9.53 Å². The van der Waals surface area contributed by atoms with Crippen molar-refractivity contribution in [3.63, 3.8) is 0 Å². The summed E-state index contributed by atoms with van der Waals surface area (Å²) in [7, 11) is 3.96. The Kier molecular flexibility index (Phi) is 6.22. The monoisotopic (exact) mass is 364 g/mol. The molecule has 1 amide bonds. The van der Waals surface area contributed by atoms with E-state index in [1.165, 1.54) is 0 Å². The number of hydrogen-bond acceptors (Lipinski definition) is 4. The van der Waals surface area contributed by atoms with Crippen LogP contribution in [0, 0.1) is 0 Å². The Morgan fingerprint density at radius 1 is 1.11 bits per heavy atom. The molecule has 6 heteroatoms. The van der Waals surface area contributed by atoms with Crippen LogP contribution in [-0.4, -0.2) is 41.6 Å². The van der Waals surface area contributed by atoms with Gasteiger partial charge in [0.1, 0.15) is 18.1 Å². The maximum absolute atomic E-state index is 12.6. The van der Waals surface area contributed by atoms with E-state index in [9.17, 15) is 4.79 Å². The highest BCUT2D eigenvalue weighted by Gasteiger charge is 2.18. The van der Waals surface area contributed by atoms with Gasteiger partial charge in [-0.25, -0.2) is 0 Å². The summed E-state index contributed by atoms with van der Waals surface area (Å²) < 4.78 is 5.68. The minimum absolute atomic E-state index is 0.116. The summed E-state index contributed by atoms with van der Waals surface area (Å²) in [6, 6.07) is 21.1. The highest BCUT2D eigenvalue weighted by atomic mass is 16.5. The van der Waals surface area contributed by atoms with Crippen molar-refractivity contribution >= 4 is 5.91 Å². The van der Waals surface area contributed by atoms with E-state index in [4.69, 9.17) is 4.74 Å². The molecule has 1 atom stereocenters. The van der Waals surface area contributed by atoms with Crippen LogP contribution in [0.4, 0.5) is 0 Å². The molecule has 0 saturated carbocycles. The summed E-state index contributed by atoms with van der Waals surface area (Å²) in [6.45, 7) is 1.02. The van der Waals surface area contributed by atoms with Crippen LogP contribution in [0.15, 0.2) is 66.7 Å². The number of carbonyl (C=O) groups is 1. The zero-order chi connectivity index (χ0) is 19.1. The Morgan fingerprint density at radius 3 is 2.44 bits per heavy atom. The molecule has 3 rings (SSSR count). The number of rotatable bonds is 8. The zero-order valence-electron chi connectivity index (χ0n) is 15.6. The summed E-state index contributed by atoms with van der Waals surface area (Å²) in [4.78, 5) is 14.7. The molecule has 2 N–H and O–H groups in total. The van der Waals surface area contributed by atoms with Crippen molar-refractivity contribution in [3.8, 4) is 5.75 Å². The molecule has 0 fully saturated rings. The number of hydrogen-bond donors (Lipinski definition) is 2. The number of para-hydroxylation sites is 1. The van der Waals surface area contributed by atoms with Crippen molar-refractivity contribution in [2.45, 2.75) is 12.6 Å². The molecule has 1 heterocycles. The summed E-state index contributed by atoms with van der Waals surface area (Å²) in [5.41, 5.74) is 2.15. The predicted octanol–water partition coefficient (Wildman–Crippen LogP) is 3.02. The van der Waals surface area contributed by atoms with Crippen LogP contribution in [0.5, 0.6) is 5.75 Å². The molecule has 3 aromatic rings. The Bertz CT molecular complexity index is 847. The zero-order valence-corrected chi connectivity index (χ0v) is 15.6. The molecule has 140 valence electrons. The Hall–Kier alpha value is -3.12. The number of ether oxygens (including phenoxy) is 1. The van der Waals surface area contributed by atoms with Crippen LogP contribution in [0.3, 0.4) is 0 Å². The van der Waals surface area contributed by atoms with Gasteiger partial charge in [0.05, 0.1) is 11.7 Å². The normalized spacial score (nSPS) is 12.0. The van der Waals surface area contributed by atoms with Crippen LogP contribution >= 0.6 is 0 Å². The van der Waals surface area contributed by atoms with E-state index in [0.29, 0.717) is 18.8 Å². The van der Waals surface area contributed by atoms with E-state index < -0.39 is 0 Å². The third-order valence-corrected chi connectivity index (χ3v) is 4.06. The van der Waals surface area contributed by atoms with Gasteiger partial charge >= 0.3 is 0 Å². The minimum Gasteiger partial charge on any atom is -0.487 e. The Balaban J connectivity index is 1.63. The van der Waals surface area contributed by atoms with E-state index in [0.717, 1.165) is 17.0 Å². The lowest BCUT2D eigenvalue weighted by Gasteiger charge is -2.22. The van der Waals surface area contributed by atoms with Gasteiger partial charge in [-0.15, -0.1) is 0 Å². The van der Waals surface area contributed by atoms with Gasteiger partial charge in [-0.1, -0.05) is 48.5 Å². The smallest absolute Gasteiger partial charge is 0.272 e. The number of amides is 1. The SMILES string of the molecule is CN(C)C[C@@H](NC(=O)c1cc(COc2ccccc2)[nH]n1)c1ccccc1. The molecule has 0 aliphatic carbocycles. The molecule has 0 unspecified atom stereocenters. The number of nitrogens with one attached hydrogen (secondary N) is 2. The predicted molar refractivity (Wildman–Crippen MR) is 105 cm³/mol. The van der Waals surface area contributed by atoms with Crippen molar-refractivity contribution in [3.05, 3.63) is 83.7 Å². The molecule has 0 radical (unpaired) electrons. The van der Waals surface area contributed by atoms with Gasteiger partial charge in [-0.05, 0) is 37.9 Å². The molecular weight excluding hydrogens is 340 g/mol. The lowest BCUT2D eigenvalue weighted by atomic mass is 10.1. The van der Waals surface area contributed by atoms with Crippen LogP contribution < -0.4 is 10.1 Å². The van der Waals surface area contributed by atoms with Crippen LogP contribution in [0.1, 0.15) is 27.8 Å². The van der Waals surface area contributed by atoms with Gasteiger partial charge in [0.15, 0.2) is 0 Å². The first kappa shape index (κ1) is 18.7. The highest BCUT2D eigenvalue weighted by Crippen LogP contribution is 2.15. The fourth-order valence-electron chi connectivity index (χ4n) is 2.75. The Morgan fingerprint density at radius 2 is 1.78 bits per heavy atom. The maximum Gasteiger partial charge on any atom is 0.272 e. The quantitative estimate of drug-likeness (QED) is 0.645. The fraction of sp³-hybridized carbons (Fsp3) is 0.238. The van der Waals surface area contributed by atoms with E-state index in [2.05, 4.69) is 15.5 Å². The van der Waals surface area contributed by atoms with Gasteiger partial charge in [0, 0.05) is 6.54 Å². The van der Waals surface area contributed by atoms with Gasteiger partial charge < -0.3 is 15.0 Å². The summed E-state index contributed by atoms with van der Waals surface area (Å²) in [5.74, 6) is 0.557. The average Bonchev–Trinajstić information content (AvgIpc) is 3.16. The summed E-state index contributed by atoms with van der Waals surface area (Å²) >= 11 is 0. The van der Waals surface area contributed by atoms with Crippen molar-refractivity contribution in [2.24, 2.45) is 0 Å². The average molecular weight is 364 g/mol. The van der Waals surface area contributed by atoms with Gasteiger partial charge in [0.25, 0.3) is 5.91 Å². The van der Waals surface area contributed by atoms with E-state index in [1.807, 2.05) is 79.7 Å². The molecule has 6 nitrogen and oxygen atoms in total. The van der Waals surface area contributed by atoms with E-state index in [1.54, 1.807) is 6.07 Å². The molecule has 0 spiro atoms. The van der Waals surface area contributed by atoms with Crippen LogP contribution in [-0.2, 0) is 6.61 Å². The molecule has 1 aromatic heterocycles. The minimum atomic E-state index is -0.215. The number of benzene rings is 2. The van der Waals surface area contributed by atoms with Crippen molar-refractivity contribution in [2.75, 3.05) is 20.6 Å². The van der Waals surface area contributed by atoms with E-state index >= 15 is 0 Å². The fourth-order valence-corrected chi connectivity index (χ4v) is 2.75. The third kappa shape index (κ3) is 5.43. The number of aromatic amines is 1. The third-order valence-electron chi connectivity index (χ3n) is 4.06. The first-order chi connectivity index (χ1) is 13.1. The topological polar surface area (TPSA) is 70.2 Å². The molecular formula is C21H24N4O2. The van der Waals surface area contributed by atoms with Gasteiger partial charge in [-0.2, -0.15) is 5.10 Å². The van der Waals surface area contributed by atoms with Gasteiger partial charge in [-0.3, -0.25) is 9.89 Å². The number of likely N-dealkylation sites (N-methyl/N-ethyl adjacent to an activating group) is 1.